The quantitative estimate of drug-likeness (QED) is 0.924. The molecule has 0 heterocycles. The summed E-state index contributed by atoms with van der Waals surface area (Å²) in [6, 6.07) is 19.9. The van der Waals surface area contributed by atoms with Crippen LogP contribution in [0.15, 0.2) is 54.6 Å². The summed E-state index contributed by atoms with van der Waals surface area (Å²) in [5.41, 5.74) is 8.39. The van der Waals surface area contributed by atoms with Crippen LogP contribution in [0.2, 0.25) is 0 Å². The summed E-state index contributed by atoms with van der Waals surface area (Å²) in [5.74, 6) is 0. The van der Waals surface area contributed by atoms with Crippen molar-refractivity contribution in [3.8, 4) is 6.07 Å². The molecule has 2 N–H and O–H groups in total. The fourth-order valence-electron chi connectivity index (χ4n) is 2.38. The molecule has 3 nitrogen and oxygen atoms in total. The highest BCUT2D eigenvalue weighted by atomic mass is 15.1. The Balaban J connectivity index is 2.28. The lowest BCUT2D eigenvalue weighted by molar-refractivity contribution is 0.571. The van der Waals surface area contributed by atoms with Crippen molar-refractivity contribution in [1.82, 2.24) is 0 Å². The van der Waals surface area contributed by atoms with E-state index in [4.69, 9.17) is 5.73 Å². The topological polar surface area (TPSA) is 53.0 Å². The number of nitrogens with two attached hydrogens (primary N) is 1. The Hall–Kier alpha value is -2.31. The second-order valence-corrected chi connectivity index (χ2v) is 5.09. The first kappa shape index (κ1) is 14.1. The summed E-state index contributed by atoms with van der Waals surface area (Å²) in [5, 5.41) is 9.50. The van der Waals surface area contributed by atoms with Crippen LogP contribution in [0.1, 0.15) is 11.1 Å². The second kappa shape index (κ2) is 5.77. The molecule has 0 saturated heterocycles. The van der Waals surface area contributed by atoms with Crippen LogP contribution in [0, 0.1) is 18.3 Å². The first-order chi connectivity index (χ1) is 9.57. The minimum Gasteiger partial charge on any atom is -0.371 e. The van der Waals surface area contributed by atoms with E-state index < -0.39 is 5.54 Å². The van der Waals surface area contributed by atoms with Crippen LogP contribution in [-0.4, -0.2) is 13.6 Å². The SMILES string of the molecule is Cc1ccccc1N(C)CC(N)(C#N)c1ccccc1. The molecule has 0 radical (unpaired) electrons. The minimum atomic E-state index is -1.02. The number of para-hydroxylation sites is 1. The van der Waals surface area contributed by atoms with Gasteiger partial charge in [-0.3, -0.25) is 0 Å². The van der Waals surface area contributed by atoms with Crippen LogP contribution in [0.3, 0.4) is 0 Å². The highest BCUT2D eigenvalue weighted by molar-refractivity contribution is 5.53. The number of hydrogen-bond donors (Lipinski definition) is 1. The van der Waals surface area contributed by atoms with Gasteiger partial charge in [-0.05, 0) is 24.1 Å². The van der Waals surface area contributed by atoms with E-state index in [1.807, 2.05) is 60.5 Å². The van der Waals surface area contributed by atoms with Crippen LogP contribution in [0.5, 0.6) is 0 Å². The zero-order valence-electron chi connectivity index (χ0n) is 11.9. The minimum absolute atomic E-state index is 0.443. The predicted octanol–water partition coefficient (Wildman–Crippen LogP) is 2.81. The standard InChI is InChI=1S/C17H19N3/c1-14-8-6-7-11-16(14)20(2)13-17(19,12-18)15-9-4-3-5-10-15/h3-11H,13,19H2,1-2H3. The summed E-state index contributed by atoms with van der Waals surface area (Å²) < 4.78 is 0. The van der Waals surface area contributed by atoms with E-state index in [1.165, 1.54) is 5.56 Å². The van der Waals surface area contributed by atoms with Gasteiger partial charge in [-0.2, -0.15) is 5.26 Å². The maximum absolute atomic E-state index is 9.50. The van der Waals surface area contributed by atoms with Crippen LogP contribution >= 0.6 is 0 Å². The van der Waals surface area contributed by atoms with Crippen molar-refractivity contribution in [1.29, 1.82) is 5.26 Å². The van der Waals surface area contributed by atoms with Crippen molar-refractivity contribution >= 4 is 5.69 Å². The summed E-state index contributed by atoms with van der Waals surface area (Å²) >= 11 is 0. The highest BCUT2D eigenvalue weighted by Crippen LogP contribution is 2.23. The van der Waals surface area contributed by atoms with Crippen LogP contribution < -0.4 is 10.6 Å². The fourth-order valence-corrected chi connectivity index (χ4v) is 2.38. The van der Waals surface area contributed by atoms with E-state index in [1.54, 1.807) is 0 Å². The summed E-state index contributed by atoms with van der Waals surface area (Å²) in [7, 11) is 1.96. The monoisotopic (exact) mass is 265 g/mol. The summed E-state index contributed by atoms with van der Waals surface area (Å²) in [4.78, 5) is 2.03. The van der Waals surface area contributed by atoms with Crippen molar-refractivity contribution in [2.45, 2.75) is 12.5 Å². The average Bonchev–Trinajstić information content (AvgIpc) is 2.48. The number of anilines is 1. The molecule has 0 aliphatic heterocycles. The van der Waals surface area contributed by atoms with E-state index in [0.717, 1.165) is 11.3 Å². The van der Waals surface area contributed by atoms with Crippen molar-refractivity contribution in [3.63, 3.8) is 0 Å². The Morgan fingerprint density at radius 1 is 1.10 bits per heavy atom. The molecule has 2 aromatic carbocycles. The van der Waals surface area contributed by atoms with E-state index in [9.17, 15) is 5.26 Å². The Morgan fingerprint density at radius 2 is 1.70 bits per heavy atom. The van der Waals surface area contributed by atoms with Gasteiger partial charge < -0.3 is 10.6 Å². The molecule has 2 rings (SSSR count). The third-order valence-corrected chi connectivity index (χ3v) is 3.50. The van der Waals surface area contributed by atoms with Gasteiger partial charge in [-0.1, -0.05) is 48.5 Å². The normalized spacial score (nSPS) is 13.3. The molecule has 2 aromatic rings. The molecule has 0 bridgehead atoms. The van der Waals surface area contributed by atoms with Crippen LogP contribution in [0.4, 0.5) is 5.69 Å². The largest absolute Gasteiger partial charge is 0.371 e. The van der Waals surface area contributed by atoms with E-state index in [0.29, 0.717) is 6.54 Å². The van der Waals surface area contributed by atoms with Gasteiger partial charge in [0.2, 0.25) is 0 Å². The molecular weight excluding hydrogens is 246 g/mol. The summed E-state index contributed by atoms with van der Waals surface area (Å²) in [6.45, 7) is 2.50. The van der Waals surface area contributed by atoms with E-state index in [2.05, 4.69) is 19.1 Å². The van der Waals surface area contributed by atoms with Crippen molar-refractivity contribution in [2.75, 3.05) is 18.5 Å². The van der Waals surface area contributed by atoms with Crippen molar-refractivity contribution < 1.29 is 0 Å². The van der Waals surface area contributed by atoms with Gasteiger partial charge in [0.1, 0.15) is 5.54 Å². The molecule has 0 aliphatic rings. The Morgan fingerprint density at radius 3 is 2.30 bits per heavy atom. The molecule has 3 heteroatoms. The highest BCUT2D eigenvalue weighted by Gasteiger charge is 2.29. The molecule has 0 amide bonds. The van der Waals surface area contributed by atoms with Crippen molar-refractivity contribution in [2.24, 2.45) is 5.73 Å². The number of rotatable bonds is 4. The van der Waals surface area contributed by atoms with Gasteiger partial charge >= 0.3 is 0 Å². The van der Waals surface area contributed by atoms with Crippen LogP contribution in [-0.2, 0) is 5.54 Å². The number of likely N-dealkylation sites (N-methyl/N-ethyl adjacent to an activating group) is 1. The second-order valence-electron chi connectivity index (χ2n) is 5.09. The zero-order valence-corrected chi connectivity index (χ0v) is 11.9. The van der Waals surface area contributed by atoms with Crippen LogP contribution in [0.25, 0.3) is 0 Å². The molecule has 0 aromatic heterocycles. The molecule has 1 atom stereocenters. The van der Waals surface area contributed by atoms with E-state index >= 15 is 0 Å². The zero-order chi connectivity index (χ0) is 14.6. The lowest BCUT2D eigenvalue weighted by Crippen LogP contribution is -2.45. The molecule has 0 saturated carbocycles. The van der Waals surface area contributed by atoms with E-state index in [-0.39, 0.29) is 0 Å². The fraction of sp³-hybridized carbons (Fsp3) is 0.235. The lowest BCUT2D eigenvalue weighted by atomic mass is 9.92. The molecule has 1 unspecified atom stereocenters. The smallest absolute Gasteiger partial charge is 0.147 e. The lowest BCUT2D eigenvalue weighted by Gasteiger charge is -2.30. The van der Waals surface area contributed by atoms with Gasteiger partial charge in [-0.25, -0.2) is 0 Å². The summed E-state index contributed by atoms with van der Waals surface area (Å²) in [6.07, 6.45) is 0. The average molecular weight is 265 g/mol. The Bertz CT molecular complexity index is 616. The number of benzene rings is 2. The number of aryl methyl sites for hydroxylation is 1. The molecule has 102 valence electrons. The number of nitrogens with zero attached hydrogens (tertiary/aromatic N) is 2. The number of hydrogen-bond acceptors (Lipinski definition) is 3. The van der Waals surface area contributed by atoms with Gasteiger partial charge in [-0.15, -0.1) is 0 Å². The van der Waals surface area contributed by atoms with Crippen molar-refractivity contribution in [3.05, 3.63) is 65.7 Å². The van der Waals surface area contributed by atoms with Gasteiger partial charge in [0.25, 0.3) is 0 Å². The third kappa shape index (κ3) is 2.81. The molecule has 0 aliphatic carbocycles. The molecule has 20 heavy (non-hydrogen) atoms. The molecule has 0 spiro atoms. The number of nitriles is 1. The Kier molecular flexibility index (Phi) is 4.07. The first-order valence-electron chi connectivity index (χ1n) is 6.59. The predicted molar refractivity (Wildman–Crippen MR) is 82.4 cm³/mol. The first-order valence-corrected chi connectivity index (χ1v) is 6.59. The molecule has 0 fully saturated rings. The Labute approximate surface area is 120 Å². The maximum Gasteiger partial charge on any atom is 0.147 e. The third-order valence-electron chi connectivity index (χ3n) is 3.50. The molecular formula is C17H19N3. The van der Waals surface area contributed by atoms with Gasteiger partial charge in [0, 0.05) is 12.7 Å². The van der Waals surface area contributed by atoms with Gasteiger partial charge in [0.15, 0.2) is 0 Å². The van der Waals surface area contributed by atoms with Gasteiger partial charge in [0.05, 0.1) is 12.6 Å². The maximum atomic E-state index is 9.50.